The van der Waals surface area contributed by atoms with E-state index >= 15 is 0 Å². The molecule has 0 spiro atoms. The predicted octanol–water partition coefficient (Wildman–Crippen LogP) is 2.23. The Morgan fingerprint density at radius 2 is 2.05 bits per heavy atom. The maximum atomic E-state index is 12.3. The van der Waals surface area contributed by atoms with Crippen molar-refractivity contribution >= 4 is 27.0 Å². The highest BCUT2D eigenvalue weighted by atomic mass is 32.2. The third kappa shape index (κ3) is 3.36. The third-order valence-corrected chi connectivity index (χ3v) is 5.41. The summed E-state index contributed by atoms with van der Waals surface area (Å²) in [5, 5.41) is 3.65. The lowest BCUT2D eigenvalue weighted by Gasteiger charge is -2.10. The molecule has 1 aromatic heterocycles. The highest BCUT2D eigenvalue weighted by Crippen LogP contribution is 2.20. The third-order valence-electron chi connectivity index (χ3n) is 2.81. The van der Waals surface area contributed by atoms with Crippen molar-refractivity contribution in [1.29, 1.82) is 0 Å². The van der Waals surface area contributed by atoms with Crippen molar-refractivity contribution in [2.45, 2.75) is 24.8 Å². The van der Waals surface area contributed by atoms with Crippen molar-refractivity contribution in [3.8, 4) is 0 Å². The van der Waals surface area contributed by atoms with Gasteiger partial charge in [0.2, 0.25) is 10.0 Å². The zero-order chi connectivity index (χ0) is 14.6. The average molecular weight is 311 g/mol. The first-order valence-corrected chi connectivity index (χ1v) is 8.57. The molecule has 0 saturated carbocycles. The van der Waals surface area contributed by atoms with Crippen LogP contribution in [0.15, 0.2) is 35.4 Å². The van der Waals surface area contributed by atoms with Gasteiger partial charge in [-0.1, -0.05) is 19.1 Å². The second kappa shape index (κ2) is 6.34. The number of rotatable bonds is 6. The Kier molecular flexibility index (Phi) is 4.74. The van der Waals surface area contributed by atoms with Crippen molar-refractivity contribution in [3.63, 3.8) is 0 Å². The van der Waals surface area contributed by atoms with Gasteiger partial charge in [-0.05, 0) is 18.6 Å². The van der Waals surface area contributed by atoms with Crippen molar-refractivity contribution in [1.82, 2.24) is 9.71 Å². The maximum Gasteiger partial charge on any atom is 0.243 e. The molecule has 108 valence electrons. The Hall–Kier alpha value is -1.44. The number of hydrogen-bond acceptors (Lipinski definition) is 5. The molecule has 0 aliphatic heterocycles. The van der Waals surface area contributed by atoms with E-state index in [0.29, 0.717) is 5.69 Å². The molecule has 1 heterocycles. The van der Waals surface area contributed by atoms with Gasteiger partial charge in [-0.25, -0.2) is 18.1 Å². The largest absolute Gasteiger partial charge is 0.387 e. The molecule has 5 nitrogen and oxygen atoms in total. The number of thiazole rings is 1. The molecule has 7 heteroatoms. The topological polar surface area (TPSA) is 71.1 Å². The van der Waals surface area contributed by atoms with Crippen molar-refractivity contribution in [2.75, 3.05) is 12.4 Å². The lowest BCUT2D eigenvalue weighted by atomic mass is 10.3. The number of hydrogen-bond donors (Lipinski definition) is 2. The molecular formula is C13H17N3O2S2. The maximum absolute atomic E-state index is 12.3. The van der Waals surface area contributed by atoms with Gasteiger partial charge in [0.25, 0.3) is 0 Å². The first-order chi connectivity index (χ1) is 9.56. The van der Waals surface area contributed by atoms with E-state index in [-0.39, 0.29) is 11.4 Å². The number of aromatic nitrogens is 1. The van der Waals surface area contributed by atoms with Gasteiger partial charge in [0.15, 0.2) is 0 Å². The highest BCUT2D eigenvalue weighted by Gasteiger charge is 2.17. The summed E-state index contributed by atoms with van der Waals surface area (Å²) >= 11 is 1.53. The van der Waals surface area contributed by atoms with Crippen LogP contribution < -0.4 is 10.0 Å². The van der Waals surface area contributed by atoms with E-state index in [9.17, 15) is 8.42 Å². The normalized spacial score (nSPS) is 11.5. The minimum atomic E-state index is -3.54. The van der Waals surface area contributed by atoms with E-state index < -0.39 is 10.0 Å². The summed E-state index contributed by atoms with van der Waals surface area (Å²) in [6.45, 7) is 2.26. The minimum absolute atomic E-state index is 0.213. The standard InChI is InChI=1S/C13H17N3O2S2/c1-3-10-8-15-13(19-10)9-16-20(17,18)12-7-5-4-6-11(12)14-2/h4-8,14,16H,3,9H2,1-2H3. The van der Waals surface area contributed by atoms with E-state index in [1.165, 1.54) is 11.3 Å². The molecule has 0 fully saturated rings. The summed E-state index contributed by atoms with van der Waals surface area (Å²) in [7, 11) is -1.85. The summed E-state index contributed by atoms with van der Waals surface area (Å²) in [6, 6.07) is 6.80. The summed E-state index contributed by atoms with van der Waals surface area (Å²) in [4.78, 5) is 5.60. The van der Waals surface area contributed by atoms with Crippen molar-refractivity contribution in [3.05, 3.63) is 40.3 Å². The van der Waals surface area contributed by atoms with Gasteiger partial charge < -0.3 is 5.32 Å². The van der Waals surface area contributed by atoms with Crippen LogP contribution in [-0.4, -0.2) is 20.4 Å². The quantitative estimate of drug-likeness (QED) is 0.858. The smallest absolute Gasteiger partial charge is 0.243 e. The van der Waals surface area contributed by atoms with Crippen LogP contribution in [0.4, 0.5) is 5.69 Å². The molecular weight excluding hydrogens is 294 g/mol. The van der Waals surface area contributed by atoms with Crippen molar-refractivity contribution in [2.24, 2.45) is 0 Å². The van der Waals surface area contributed by atoms with E-state index in [0.717, 1.165) is 16.3 Å². The van der Waals surface area contributed by atoms with Gasteiger partial charge in [0.05, 0.1) is 12.2 Å². The van der Waals surface area contributed by atoms with Crippen LogP contribution >= 0.6 is 11.3 Å². The highest BCUT2D eigenvalue weighted by molar-refractivity contribution is 7.89. The number of anilines is 1. The van der Waals surface area contributed by atoms with Gasteiger partial charge in [-0.2, -0.15) is 0 Å². The molecule has 2 N–H and O–H groups in total. The van der Waals surface area contributed by atoms with E-state index in [2.05, 4.69) is 15.0 Å². The number of sulfonamides is 1. The van der Waals surface area contributed by atoms with Crippen LogP contribution in [0.5, 0.6) is 0 Å². The molecule has 1 aromatic carbocycles. The van der Waals surface area contributed by atoms with Crippen LogP contribution in [-0.2, 0) is 23.0 Å². The van der Waals surface area contributed by atoms with Crippen LogP contribution in [0.3, 0.4) is 0 Å². The summed E-state index contributed by atoms with van der Waals surface area (Å²) in [6.07, 6.45) is 2.70. The van der Waals surface area contributed by atoms with Gasteiger partial charge in [0.1, 0.15) is 9.90 Å². The van der Waals surface area contributed by atoms with E-state index in [4.69, 9.17) is 0 Å². The average Bonchev–Trinajstić information content (AvgIpc) is 2.93. The van der Waals surface area contributed by atoms with E-state index in [1.54, 1.807) is 37.5 Å². The number of nitrogens with zero attached hydrogens (tertiary/aromatic N) is 1. The zero-order valence-electron chi connectivity index (χ0n) is 11.4. The Balaban J connectivity index is 2.15. The van der Waals surface area contributed by atoms with Gasteiger partial charge in [-0.15, -0.1) is 11.3 Å². The summed E-state index contributed by atoms with van der Waals surface area (Å²) in [5.74, 6) is 0. The summed E-state index contributed by atoms with van der Waals surface area (Å²) in [5.41, 5.74) is 0.577. The number of nitrogens with one attached hydrogen (secondary N) is 2. The Morgan fingerprint density at radius 1 is 1.30 bits per heavy atom. The number of para-hydroxylation sites is 1. The van der Waals surface area contributed by atoms with E-state index in [1.807, 2.05) is 6.92 Å². The minimum Gasteiger partial charge on any atom is -0.387 e. The van der Waals surface area contributed by atoms with Crippen LogP contribution in [0, 0.1) is 0 Å². The number of benzene rings is 1. The lowest BCUT2D eigenvalue weighted by molar-refractivity contribution is 0.581. The van der Waals surface area contributed by atoms with Crippen molar-refractivity contribution < 1.29 is 8.42 Å². The Labute approximate surface area is 123 Å². The van der Waals surface area contributed by atoms with Gasteiger partial charge >= 0.3 is 0 Å². The first kappa shape index (κ1) is 15.0. The second-order valence-corrected chi connectivity index (χ2v) is 7.08. The molecule has 0 unspecified atom stereocenters. The Morgan fingerprint density at radius 3 is 2.70 bits per heavy atom. The molecule has 0 aliphatic rings. The summed E-state index contributed by atoms with van der Waals surface area (Å²) < 4.78 is 27.2. The van der Waals surface area contributed by atoms with Crippen LogP contribution in [0.2, 0.25) is 0 Å². The second-order valence-electron chi connectivity index (χ2n) is 4.14. The van der Waals surface area contributed by atoms with Gasteiger partial charge in [-0.3, -0.25) is 0 Å². The molecule has 0 aliphatic carbocycles. The molecule has 0 atom stereocenters. The molecule has 0 bridgehead atoms. The molecule has 2 rings (SSSR count). The fourth-order valence-electron chi connectivity index (χ4n) is 1.74. The molecule has 0 amide bonds. The van der Waals surface area contributed by atoms with Crippen LogP contribution in [0.1, 0.15) is 16.8 Å². The Bertz CT molecular complexity index is 680. The SMILES string of the molecule is CCc1cnc(CNS(=O)(=O)c2ccccc2NC)s1. The molecule has 20 heavy (non-hydrogen) atoms. The first-order valence-electron chi connectivity index (χ1n) is 6.27. The van der Waals surface area contributed by atoms with Gasteiger partial charge in [0, 0.05) is 18.1 Å². The fraction of sp³-hybridized carbons (Fsp3) is 0.308. The lowest BCUT2D eigenvalue weighted by Crippen LogP contribution is -2.24. The number of aryl methyl sites for hydroxylation is 1. The predicted molar refractivity (Wildman–Crippen MR) is 81.5 cm³/mol. The van der Waals surface area contributed by atoms with Crippen LogP contribution in [0.25, 0.3) is 0 Å². The fourth-order valence-corrected chi connectivity index (χ4v) is 3.83. The molecule has 0 radical (unpaired) electrons. The zero-order valence-corrected chi connectivity index (χ0v) is 13.0. The molecule has 0 saturated heterocycles. The molecule has 2 aromatic rings. The monoisotopic (exact) mass is 311 g/mol.